The minimum atomic E-state index is -0.806. The number of aryl methyl sites for hydroxylation is 1. The van der Waals surface area contributed by atoms with Gasteiger partial charge in [-0.1, -0.05) is 6.07 Å². The van der Waals surface area contributed by atoms with E-state index >= 15 is 0 Å². The summed E-state index contributed by atoms with van der Waals surface area (Å²) in [6.07, 6.45) is 0.940. The van der Waals surface area contributed by atoms with E-state index in [1.54, 1.807) is 6.07 Å². The molecule has 0 aromatic heterocycles. The summed E-state index contributed by atoms with van der Waals surface area (Å²) in [7, 11) is 0. The van der Waals surface area contributed by atoms with Gasteiger partial charge in [-0.05, 0) is 60.7 Å². The smallest absolute Gasteiger partial charge is 0.159 e. The minimum absolute atomic E-state index is 0.576. The first-order valence-electron chi connectivity index (χ1n) is 7.05. The van der Waals surface area contributed by atoms with Crippen molar-refractivity contribution in [3.8, 4) is 0 Å². The summed E-state index contributed by atoms with van der Waals surface area (Å²) in [5.74, 6) is -1.60. The van der Waals surface area contributed by atoms with Crippen molar-refractivity contribution in [2.24, 2.45) is 0 Å². The normalized spacial score (nSPS) is 13.6. The van der Waals surface area contributed by atoms with Crippen LogP contribution in [0.2, 0.25) is 0 Å². The lowest BCUT2D eigenvalue weighted by Crippen LogP contribution is -2.20. The van der Waals surface area contributed by atoms with Crippen molar-refractivity contribution < 1.29 is 8.78 Å². The van der Waals surface area contributed by atoms with Crippen LogP contribution in [0.25, 0.3) is 0 Å². The molecule has 1 aliphatic rings. The van der Waals surface area contributed by atoms with Crippen LogP contribution in [0.4, 0.5) is 20.2 Å². The summed E-state index contributed by atoms with van der Waals surface area (Å²) in [5.41, 5.74) is 12.3. The van der Waals surface area contributed by atoms with E-state index in [4.69, 9.17) is 5.73 Å². The molecule has 4 heteroatoms. The molecule has 0 spiro atoms. The molecule has 2 N–H and O–H groups in total. The van der Waals surface area contributed by atoms with Crippen LogP contribution in [-0.2, 0) is 13.0 Å². The summed E-state index contributed by atoms with van der Waals surface area (Å²) in [5, 5.41) is 0. The third-order valence-electron chi connectivity index (χ3n) is 4.27. The molecule has 0 saturated heterocycles. The largest absolute Gasteiger partial charge is 0.398 e. The van der Waals surface area contributed by atoms with Gasteiger partial charge in [0.1, 0.15) is 0 Å². The van der Waals surface area contributed by atoms with Crippen LogP contribution in [0.3, 0.4) is 0 Å². The lowest BCUT2D eigenvalue weighted by atomic mass is 10.0. The molecule has 2 nitrogen and oxygen atoms in total. The highest BCUT2D eigenvalue weighted by molar-refractivity contribution is 5.70. The summed E-state index contributed by atoms with van der Waals surface area (Å²) in [6, 6.07) is 6.17. The molecule has 2 aromatic carbocycles. The molecule has 2 aromatic rings. The van der Waals surface area contributed by atoms with Crippen molar-refractivity contribution >= 4 is 11.4 Å². The van der Waals surface area contributed by atoms with E-state index in [1.165, 1.54) is 17.7 Å². The predicted molar refractivity (Wildman–Crippen MR) is 81.4 cm³/mol. The fourth-order valence-electron chi connectivity index (χ4n) is 3.01. The van der Waals surface area contributed by atoms with Gasteiger partial charge < -0.3 is 10.6 Å². The highest BCUT2D eigenvalue weighted by atomic mass is 19.2. The van der Waals surface area contributed by atoms with Gasteiger partial charge in [-0.15, -0.1) is 0 Å². The first-order chi connectivity index (χ1) is 9.97. The number of nitrogens with zero attached hydrogens (tertiary/aromatic N) is 1. The van der Waals surface area contributed by atoms with Gasteiger partial charge in [-0.3, -0.25) is 0 Å². The van der Waals surface area contributed by atoms with E-state index in [-0.39, 0.29) is 0 Å². The maximum Gasteiger partial charge on any atom is 0.159 e. The van der Waals surface area contributed by atoms with Gasteiger partial charge in [0, 0.05) is 24.5 Å². The Morgan fingerprint density at radius 1 is 1.14 bits per heavy atom. The number of fused-ring (bicyclic) bond motifs is 1. The van der Waals surface area contributed by atoms with E-state index < -0.39 is 11.6 Å². The fraction of sp³-hybridized carbons (Fsp3) is 0.294. The van der Waals surface area contributed by atoms with E-state index in [1.807, 2.05) is 13.8 Å². The Balaban J connectivity index is 1.92. The summed E-state index contributed by atoms with van der Waals surface area (Å²) in [6.45, 7) is 5.49. The Bertz CT molecular complexity index is 710. The highest BCUT2D eigenvalue weighted by Gasteiger charge is 2.23. The molecule has 0 aliphatic carbocycles. The second-order valence-electron chi connectivity index (χ2n) is 5.65. The second-order valence-corrected chi connectivity index (χ2v) is 5.65. The molecule has 1 aliphatic heterocycles. The van der Waals surface area contributed by atoms with Crippen molar-refractivity contribution in [3.63, 3.8) is 0 Å². The van der Waals surface area contributed by atoms with Crippen molar-refractivity contribution in [2.45, 2.75) is 26.8 Å². The van der Waals surface area contributed by atoms with Crippen LogP contribution in [0, 0.1) is 25.5 Å². The minimum Gasteiger partial charge on any atom is -0.398 e. The number of halogens is 2. The van der Waals surface area contributed by atoms with Crippen molar-refractivity contribution in [1.82, 2.24) is 0 Å². The molecule has 0 amide bonds. The van der Waals surface area contributed by atoms with Crippen molar-refractivity contribution in [3.05, 3.63) is 58.2 Å². The highest BCUT2D eigenvalue weighted by Crippen LogP contribution is 2.36. The number of benzene rings is 2. The lowest BCUT2D eigenvalue weighted by Gasteiger charge is -2.21. The molecule has 21 heavy (non-hydrogen) atoms. The van der Waals surface area contributed by atoms with Gasteiger partial charge in [0.15, 0.2) is 11.6 Å². The van der Waals surface area contributed by atoms with Gasteiger partial charge in [-0.2, -0.15) is 0 Å². The molecule has 0 fully saturated rings. The van der Waals surface area contributed by atoms with Crippen LogP contribution < -0.4 is 10.6 Å². The monoisotopic (exact) mass is 288 g/mol. The molecule has 110 valence electrons. The summed E-state index contributed by atoms with van der Waals surface area (Å²) in [4.78, 5) is 2.20. The molecule has 0 unspecified atom stereocenters. The predicted octanol–water partition coefficient (Wildman–Crippen LogP) is 3.73. The zero-order chi connectivity index (χ0) is 15.1. The third kappa shape index (κ3) is 2.35. The number of nitrogen functional groups attached to an aromatic ring is 1. The molecule has 0 radical (unpaired) electrons. The van der Waals surface area contributed by atoms with Gasteiger partial charge in [-0.25, -0.2) is 8.78 Å². The molecule has 0 bridgehead atoms. The zero-order valence-corrected chi connectivity index (χ0v) is 12.2. The van der Waals surface area contributed by atoms with E-state index in [0.717, 1.165) is 41.0 Å². The third-order valence-corrected chi connectivity index (χ3v) is 4.27. The number of rotatable bonds is 2. The average molecular weight is 288 g/mol. The molecule has 0 saturated carbocycles. The topological polar surface area (TPSA) is 29.3 Å². The fourth-order valence-corrected chi connectivity index (χ4v) is 3.01. The van der Waals surface area contributed by atoms with E-state index in [2.05, 4.69) is 11.0 Å². The van der Waals surface area contributed by atoms with Gasteiger partial charge in [0.2, 0.25) is 0 Å². The van der Waals surface area contributed by atoms with Gasteiger partial charge >= 0.3 is 0 Å². The molecular formula is C17H18F2N2. The van der Waals surface area contributed by atoms with E-state index in [0.29, 0.717) is 6.54 Å². The first kappa shape index (κ1) is 13.9. The van der Waals surface area contributed by atoms with Crippen molar-refractivity contribution in [2.75, 3.05) is 17.2 Å². The Kier molecular flexibility index (Phi) is 3.32. The van der Waals surface area contributed by atoms with Crippen LogP contribution in [0.15, 0.2) is 24.3 Å². The maximum absolute atomic E-state index is 13.3. The number of nitrogens with two attached hydrogens (primary N) is 1. The lowest BCUT2D eigenvalue weighted by molar-refractivity contribution is 0.507. The number of anilines is 2. The molecule has 0 atom stereocenters. The van der Waals surface area contributed by atoms with Crippen LogP contribution in [0.5, 0.6) is 0 Å². The zero-order valence-electron chi connectivity index (χ0n) is 12.2. The molecule has 1 heterocycles. The maximum atomic E-state index is 13.3. The van der Waals surface area contributed by atoms with Crippen LogP contribution >= 0.6 is 0 Å². The Morgan fingerprint density at radius 2 is 1.90 bits per heavy atom. The second kappa shape index (κ2) is 5.02. The standard InChI is InChI=1S/C17H18F2N2/c1-10-7-16-13(11(2)17(10)20)5-6-21(16)9-12-3-4-14(18)15(19)8-12/h3-4,7-8H,5-6,9,20H2,1-2H3. The average Bonchev–Trinajstić information content (AvgIpc) is 2.83. The Morgan fingerprint density at radius 3 is 2.62 bits per heavy atom. The van der Waals surface area contributed by atoms with Gasteiger partial charge in [0.25, 0.3) is 0 Å². The van der Waals surface area contributed by atoms with Crippen molar-refractivity contribution in [1.29, 1.82) is 0 Å². The quantitative estimate of drug-likeness (QED) is 0.853. The number of hydrogen-bond donors (Lipinski definition) is 1. The summed E-state index contributed by atoms with van der Waals surface area (Å²) >= 11 is 0. The number of hydrogen-bond acceptors (Lipinski definition) is 2. The van der Waals surface area contributed by atoms with E-state index in [9.17, 15) is 8.78 Å². The first-order valence-corrected chi connectivity index (χ1v) is 7.05. The Hall–Kier alpha value is -2.10. The van der Waals surface area contributed by atoms with Crippen LogP contribution in [0.1, 0.15) is 22.3 Å². The SMILES string of the molecule is Cc1cc2c(c(C)c1N)CCN2Cc1ccc(F)c(F)c1. The van der Waals surface area contributed by atoms with Crippen LogP contribution in [-0.4, -0.2) is 6.54 Å². The van der Waals surface area contributed by atoms with Gasteiger partial charge in [0.05, 0.1) is 0 Å². The molecule has 3 rings (SSSR count). The Labute approximate surface area is 123 Å². The summed E-state index contributed by atoms with van der Waals surface area (Å²) < 4.78 is 26.3. The molecular weight excluding hydrogens is 270 g/mol.